The summed E-state index contributed by atoms with van der Waals surface area (Å²) in [6, 6.07) is 0.376. The smallest absolute Gasteiger partial charge is 0.0163 e. The van der Waals surface area contributed by atoms with E-state index >= 15 is 0 Å². The van der Waals surface area contributed by atoms with Gasteiger partial charge >= 0.3 is 0 Å². The molecule has 13 heavy (non-hydrogen) atoms. The molecule has 2 heteroatoms. The predicted octanol–water partition coefficient (Wildman–Crippen LogP) is 1.77. The standard InChI is InChI=1S/C11H22N2/c1-11(12)7-3-6-10-13-8-4-2-5-9-13/h2,4,11H,3,5-10,12H2,1H3. The van der Waals surface area contributed by atoms with E-state index in [1.165, 1.54) is 38.8 Å². The summed E-state index contributed by atoms with van der Waals surface area (Å²) in [7, 11) is 0. The molecule has 1 unspecified atom stereocenters. The fourth-order valence-corrected chi connectivity index (χ4v) is 1.69. The molecule has 0 aromatic carbocycles. The van der Waals surface area contributed by atoms with E-state index in [2.05, 4.69) is 24.0 Å². The van der Waals surface area contributed by atoms with Crippen LogP contribution in [-0.4, -0.2) is 30.6 Å². The Bertz CT molecular complexity index is 152. The summed E-state index contributed by atoms with van der Waals surface area (Å²) in [6.07, 6.45) is 9.53. The van der Waals surface area contributed by atoms with Crippen LogP contribution in [0.25, 0.3) is 0 Å². The minimum absolute atomic E-state index is 0.376. The highest BCUT2D eigenvalue weighted by Crippen LogP contribution is 2.05. The van der Waals surface area contributed by atoms with Crippen LogP contribution in [0.1, 0.15) is 32.6 Å². The Labute approximate surface area is 81.8 Å². The molecule has 0 amide bonds. The largest absolute Gasteiger partial charge is 0.328 e. The van der Waals surface area contributed by atoms with Crippen LogP contribution in [0.2, 0.25) is 0 Å². The second-order valence-electron chi connectivity index (χ2n) is 4.03. The lowest BCUT2D eigenvalue weighted by Gasteiger charge is -2.22. The molecule has 2 N–H and O–H groups in total. The quantitative estimate of drug-likeness (QED) is 0.518. The fraction of sp³-hybridized carbons (Fsp3) is 0.818. The Kier molecular flexibility index (Phi) is 5.09. The van der Waals surface area contributed by atoms with Gasteiger partial charge in [-0.05, 0) is 32.7 Å². The van der Waals surface area contributed by atoms with E-state index in [0.29, 0.717) is 6.04 Å². The summed E-state index contributed by atoms with van der Waals surface area (Å²) in [5, 5.41) is 0. The topological polar surface area (TPSA) is 29.3 Å². The van der Waals surface area contributed by atoms with Gasteiger partial charge in [0, 0.05) is 19.1 Å². The van der Waals surface area contributed by atoms with Gasteiger partial charge in [0.05, 0.1) is 0 Å². The maximum absolute atomic E-state index is 5.69. The molecule has 1 aliphatic heterocycles. The molecule has 1 atom stereocenters. The molecule has 0 aromatic rings. The third kappa shape index (κ3) is 5.06. The first-order chi connectivity index (χ1) is 6.29. The summed E-state index contributed by atoms with van der Waals surface area (Å²) in [6.45, 7) is 5.73. The Hall–Kier alpha value is -0.340. The van der Waals surface area contributed by atoms with Crippen molar-refractivity contribution in [1.82, 2.24) is 4.90 Å². The second-order valence-corrected chi connectivity index (χ2v) is 4.03. The van der Waals surface area contributed by atoms with Gasteiger partial charge in [0.2, 0.25) is 0 Å². The fourth-order valence-electron chi connectivity index (χ4n) is 1.69. The zero-order valence-electron chi connectivity index (χ0n) is 8.71. The molecule has 0 spiro atoms. The van der Waals surface area contributed by atoms with Gasteiger partial charge in [0.15, 0.2) is 0 Å². The van der Waals surface area contributed by atoms with E-state index in [-0.39, 0.29) is 0 Å². The Morgan fingerprint density at radius 2 is 2.23 bits per heavy atom. The highest BCUT2D eigenvalue weighted by atomic mass is 15.1. The monoisotopic (exact) mass is 182 g/mol. The van der Waals surface area contributed by atoms with Gasteiger partial charge < -0.3 is 5.73 Å². The molecule has 0 radical (unpaired) electrons. The van der Waals surface area contributed by atoms with E-state index in [9.17, 15) is 0 Å². The molecule has 76 valence electrons. The molecule has 0 aromatic heterocycles. The van der Waals surface area contributed by atoms with Gasteiger partial charge in [-0.15, -0.1) is 0 Å². The molecule has 0 saturated carbocycles. The van der Waals surface area contributed by atoms with E-state index in [0.717, 1.165) is 6.54 Å². The highest BCUT2D eigenvalue weighted by Gasteiger charge is 2.04. The van der Waals surface area contributed by atoms with Crippen molar-refractivity contribution in [2.24, 2.45) is 5.73 Å². The first-order valence-corrected chi connectivity index (χ1v) is 5.42. The molecule has 1 aliphatic rings. The lowest BCUT2D eigenvalue weighted by atomic mass is 10.1. The van der Waals surface area contributed by atoms with Gasteiger partial charge in [-0.1, -0.05) is 18.6 Å². The van der Waals surface area contributed by atoms with Crippen LogP contribution in [0.5, 0.6) is 0 Å². The van der Waals surface area contributed by atoms with Crippen LogP contribution < -0.4 is 5.73 Å². The maximum Gasteiger partial charge on any atom is 0.0163 e. The first-order valence-electron chi connectivity index (χ1n) is 5.42. The second kappa shape index (κ2) is 6.17. The number of nitrogens with two attached hydrogens (primary N) is 1. The van der Waals surface area contributed by atoms with E-state index < -0.39 is 0 Å². The van der Waals surface area contributed by atoms with Gasteiger partial charge in [0.25, 0.3) is 0 Å². The maximum atomic E-state index is 5.69. The van der Waals surface area contributed by atoms with Gasteiger partial charge in [-0.2, -0.15) is 0 Å². The van der Waals surface area contributed by atoms with Crippen LogP contribution in [0, 0.1) is 0 Å². The lowest BCUT2D eigenvalue weighted by molar-refractivity contribution is 0.290. The van der Waals surface area contributed by atoms with Gasteiger partial charge in [-0.3, -0.25) is 4.90 Å². The van der Waals surface area contributed by atoms with Crippen LogP contribution in [0.15, 0.2) is 12.2 Å². The normalized spacial score (nSPS) is 20.5. The zero-order chi connectivity index (χ0) is 9.52. The molecule has 1 rings (SSSR count). The van der Waals surface area contributed by atoms with E-state index in [1.54, 1.807) is 0 Å². The first kappa shape index (κ1) is 10.7. The average molecular weight is 182 g/mol. The van der Waals surface area contributed by atoms with Crippen molar-refractivity contribution in [1.29, 1.82) is 0 Å². The van der Waals surface area contributed by atoms with Crippen molar-refractivity contribution >= 4 is 0 Å². The number of nitrogens with zero attached hydrogens (tertiary/aromatic N) is 1. The Balaban J connectivity index is 1.96. The molecule has 2 nitrogen and oxygen atoms in total. The van der Waals surface area contributed by atoms with Crippen molar-refractivity contribution in [3.05, 3.63) is 12.2 Å². The zero-order valence-corrected chi connectivity index (χ0v) is 8.71. The summed E-state index contributed by atoms with van der Waals surface area (Å²) >= 11 is 0. The van der Waals surface area contributed by atoms with Crippen molar-refractivity contribution in [2.75, 3.05) is 19.6 Å². The Morgan fingerprint density at radius 1 is 1.38 bits per heavy atom. The number of rotatable bonds is 5. The molecular weight excluding hydrogens is 160 g/mol. The van der Waals surface area contributed by atoms with Gasteiger partial charge in [-0.25, -0.2) is 0 Å². The van der Waals surface area contributed by atoms with Crippen molar-refractivity contribution in [2.45, 2.75) is 38.6 Å². The summed E-state index contributed by atoms with van der Waals surface area (Å²) in [5.74, 6) is 0. The van der Waals surface area contributed by atoms with Gasteiger partial charge in [0.1, 0.15) is 0 Å². The van der Waals surface area contributed by atoms with Crippen LogP contribution in [-0.2, 0) is 0 Å². The number of unbranched alkanes of at least 4 members (excludes halogenated alkanes) is 1. The van der Waals surface area contributed by atoms with E-state index in [4.69, 9.17) is 5.73 Å². The number of hydrogen-bond donors (Lipinski definition) is 1. The van der Waals surface area contributed by atoms with Crippen LogP contribution >= 0.6 is 0 Å². The Morgan fingerprint density at radius 3 is 2.85 bits per heavy atom. The number of hydrogen-bond acceptors (Lipinski definition) is 2. The molecule has 0 bridgehead atoms. The molecule has 0 saturated heterocycles. The summed E-state index contributed by atoms with van der Waals surface area (Å²) < 4.78 is 0. The molecule has 1 heterocycles. The summed E-state index contributed by atoms with van der Waals surface area (Å²) in [4.78, 5) is 2.52. The predicted molar refractivity (Wildman–Crippen MR) is 57.7 cm³/mol. The molecular formula is C11H22N2. The average Bonchev–Trinajstić information content (AvgIpc) is 2.14. The lowest BCUT2D eigenvalue weighted by Crippen LogP contribution is -2.28. The minimum Gasteiger partial charge on any atom is -0.328 e. The van der Waals surface area contributed by atoms with Crippen molar-refractivity contribution < 1.29 is 0 Å². The van der Waals surface area contributed by atoms with Crippen molar-refractivity contribution in [3.8, 4) is 0 Å². The van der Waals surface area contributed by atoms with Crippen LogP contribution in [0.3, 0.4) is 0 Å². The highest BCUT2D eigenvalue weighted by molar-refractivity contribution is 4.90. The van der Waals surface area contributed by atoms with E-state index in [1.807, 2.05) is 0 Å². The van der Waals surface area contributed by atoms with Crippen molar-refractivity contribution in [3.63, 3.8) is 0 Å². The molecule has 0 fully saturated rings. The minimum atomic E-state index is 0.376. The third-order valence-electron chi connectivity index (χ3n) is 2.53. The van der Waals surface area contributed by atoms with Crippen LogP contribution in [0.4, 0.5) is 0 Å². The summed E-state index contributed by atoms with van der Waals surface area (Å²) in [5.41, 5.74) is 5.69. The molecule has 0 aliphatic carbocycles. The third-order valence-corrected chi connectivity index (χ3v) is 2.53. The SMILES string of the molecule is CC(N)CCCCN1CC=CCC1.